The van der Waals surface area contributed by atoms with E-state index in [2.05, 4.69) is 9.97 Å². The molecule has 9 nitrogen and oxygen atoms in total. The highest BCUT2D eigenvalue weighted by Gasteiger charge is 2.34. The maximum absolute atomic E-state index is 13.9. The third-order valence-corrected chi connectivity index (χ3v) is 6.68. The summed E-state index contributed by atoms with van der Waals surface area (Å²) in [7, 11) is 1.28. The zero-order chi connectivity index (χ0) is 27.9. The lowest BCUT2D eigenvalue weighted by Crippen LogP contribution is -2.56. The quantitative estimate of drug-likeness (QED) is 0.407. The molecule has 0 spiro atoms. The maximum atomic E-state index is 13.9. The molecule has 1 aliphatic heterocycles. The van der Waals surface area contributed by atoms with Gasteiger partial charge in [0.2, 0.25) is 5.91 Å². The summed E-state index contributed by atoms with van der Waals surface area (Å²) in [5.74, 6) is -0.959. The number of piperazine rings is 1. The summed E-state index contributed by atoms with van der Waals surface area (Å²) in [6.45, 7) is 6.97. The first kappa shape index (κ1) is 27.9. The van der Waals surface area contributed by atoms with Crippen molar-refractivity contribution in [2.24, 2.45) is 0 Å². The summed E-state index contributed by atoms with van der Waals surface area (Å²) < 4.78 is 10.7. The third kappa shape index (κ3) is 6.49. The van der Waals surface area contributed by atoms with Crippen molar-refractivity contribution in [3.05, 3.63) is 83.2 Å². The number of hydrogen-bond donors (Lipinski definition) is 0. The molecule has 0 saturated carbocycles. The number of carbonyl (C=O) groups is 3. The molecule has 3 aromatic rings. The van der Waals surface area contributed by atoms with E-state index in [1.54, 1.807) is 9.80 Å². The third-order valence-electron chi connectivity index (χ3n) is 6.68. The summed E-state index contributed by atoms with van der Waals surface area (Å²) in [4.78, 5) is 52.2. The Morgan fingerprint density at radius 1 is 0.974 bits per heavy atom. The number of hydrogen-bond acceptors (Lipinski definition) is 7. The van der Waals surface area contributed by atoms with E-state index in [9.17, 15) is 14.4 Å². The van der Waals surface area contributed by atoms with Crippen LogP contribution in [0.25, 0.3) is 11.4 Å². The number of aromatic nitrogens is 2. The van der Waals surface area contributed by atoms with Gasteiger partial charge in [-0.1, -0.05) is 74.5 Å². The van der Waals surface area contributed by atoms with E-state index in [-0.39, 0.29) is 35.7 Å². The summed E-state index contributed by atoms with van der Waals surface area (Å²) in [6, 6.07) is 18.8. The Hall–Kier alpha value is -4.11. The fourth-order valence-electron chi connectivity index (χ4n) is 4.65. The second-order valence-electron chi connectivity index (χ2n) is 9.83. The highest BCUT2D eigenvalue weighted by molar-refractivity contribution is 6.05. The van der Waals surface area contributed by atoms with Crippen LogP contribution in [0.4, 0.5) is 0 Å². The van der Waals surface area contributed by atoms with Crippen molar-refractivity contribution < 1.29 is 23.9 Å². The molecule has 1 atom stereocenters. The number of amides is 2. The molecule has 39 heavy (non-hydrogen) atoms. The van der Waals surface area contributed by atoms with Crippen LogP contribution in [0.5, 0.6) is 0 Å². The number of carbonyl (C=O) groups excluding carboxylic acids is 3. The summed E-state index contributed by atoms with van der Waals surface area (Å²) >= 11 is 0. The monoisotopic (exact) mass is 530 g/mol. The minimum atomic E-state index is -0.654. The first-order chi connectivity index (χ1) is 18.8. The fourth-order valence-corrected chi connectivity index (χ4v) is 4.65. The number of nitrogens with zero attached hydrogens (tertiary/aromatic N) is 4. The minimum Gasteiger partial charge on any atom is -0.465 e. The Morgan fingerprint density at radius 3 is 2.26 bits per heavy atom. The normalized spacial score (nSPS) is 15.4. The highest BCUT2D eigenvalue weighted by Crippen LogP contribution is 2.27. The van der Waals surface area contributed by atoms with Crippen LogP contribution in [0, 0.1) is 0 Å². The molecule has 2 heterocycles. The predicted octanol–water partition coefficient (Wildman–Crippen LogP) is 3.94. The second-order valence-corrected chi connectivity index (χ2v) is 9.83. The average molecular weight is 531 g/mol. The highest BCUT2D eigenvalue weighted by atomic mass is 16.5. The van der Waals surface area contributed by atoms with Crippen LogP contribution >= 0.6 is 0 Å². The number of rotatable bonds is 8. The summed E-state index contributed by atoms with van der Waals surface area (Å²) in [6.07, 6.45) is 0. The molecule has 204 valence electrons. The first-order valence-corrected chi connectivity index (χ1v) is 13.1. The summed E-state index contributed by atoms with van der Waals surface area (Å²) in [5, 5.41) is 0. The Morgan fingerprint density at radius 2 is 1.64 bits per heavy atom. The first-order valence-electron chi connectivity index (χ1n) is 13.1. The van der Waals surface area contributed by atoms with Gasteiger partial charge in [-0.25, -0.2) is 14.8 Å². The fraction of sp³-hybridized carbons (Fsp3) is 0.367. The van der Waals surface area contributed by atoms with E-state index in [0.717, 1.165) is 11.1 Å². The van der Waals surface area contributed by atoms with Crippen LogP contribution in [0.2, 0.25) is 0 Å². The molecule has 1 fully saturated rings. The van der Waals surface area contributed by atoms with Gasteiger partial charge in [-0.15, -0.1) is 0 Å². The maximum Gasteiger partial charge on any atom is 0.342 e. The molecule has 2 amide bonds. The molecule has 1 saturated heterocycles. The van der Waals surface area contributed by atoms with Gasteiger partial charge in [0.1, 0.15) is 17.9 Å². The molecule has 0 aliphatic carbocycles. The molecular formula is C30H34N4O5. The zero-order valence-electron chi connectivity index (χ0n) is 22.8. The van der Waals surface area contributed by atoms with Crippen LogP contribution in [0.3, 0.4) is 0 Å². The molecular weight excluding hydrogens is 496 g/mol. The largest absolute Gasteiger partial charge is 0.465 e. The number of methoxy groups -OCH3 is 1. The average Bonchev–Trinajstić information content (AvgIpc) is 2.96. The van der Waals surface area contributed by atoms with Gasteiger partial charge in [0, 0.05) is 31.2 Å². The number of esters is 1. The predicted molar refractivity (Wildman–Crippen MR) is 146 cm³/mol. The Balaban J connectivity index is 1.53. The van der Waals surface area contributed by atoms with Gasteiger partial charge in [-0.05, 0) is 18.4 Å². The van der Waals surface area contributed by atoms with Gasteiger partial charge >= 0.3 is 5.97 Å². The van der Waals surface area contributed by atoms with Crippen molar-refractivity contribution >= 4 is 17.8 Å². The van der Waals surface area contributed by atoms with E-state index >= 15 is 0 Å². The molecule has 0 radical (unpaired) electrons. The molecule has 1 unspecified atom stereocenters. The Bertz CT molecular complexity index is 1310. The smallest absolute Gasteiger partial charge is 0.342 e. The number of ether oxygens (including phenoxy) is 2. The van der Waals surface area contributed by atoms with Gasteiger partial charge in [0.15, 0.2) is 5.82 Å². The molecule has 0 N–H and O–H groups in total. The minimum absolute atomic E-state index is 0.0116. The van der Waals surface area contributed by atoms with Crippen LogP contribution in [-0.2, 0) is 20.9 Å². The van der Waals surface area contributed by atoms with Gasteiger partial charge in [0.05, 0.1) is 19.4 Å². The van der Waals surface area contributed by atoms with Crippen LogP contribution in [0.1, 0.15) is 58.8 Å². The Labute approximate surface area is 228 Å². The molecule has 2 aromatic carbocycles. The van der Waals surface area contributed by atoms with E-state index in [1.165, 1.54) is 7.11 Å². The van der Waals surface area contributed by atoms with Crippen LogP contribution in [-0.4, -0.2) is 76.9 Å². The van der Waals surface area contributed by atoms with Crippen molar-refractivity contribution in [2.75, 3.05) is 33.4 Å². The van der Waals surface area contributed by atoms with Gasteiger partial charge in [-0.3, -0.25) is 9.59 Å². The van der Waals surface area contributed by atoms with Gasteiger partial charge in [0.25, 0.3) is 5.91 Å². The van der Waals surface area contributed by atoms with Crippen molar-refractivity contribution in [1.82, 2.24) is 19.8 Å². The lowest BCUT2D eigenvalue weighted by Gasteiger charge is -2.39. The van der Waals surface area contributed by atoms with Gasteiger partial charge in [-0.2, -0.15) is 0 Å². The molecule has 0 bridgehead atoms. The lowest BCUT2D eigenvalue weighted by molar-refractivity contribution is -0.140. The molecule has 4 rings (SSSR count). The van der Waals surface area contributed by atoms with Crippen molar-refractivity contribution in [2.45, 2.75) is 39.3 Å². The molecule has 1 aliphatic rings. The molecule has 1 aromatic heterocycles. The SMILES string of the molecule is COC(=O)c1c(C(=O)N2CCN(C(=O)COCc3ccccc3)C(C)C2)nc(-c2ccccc2)nc1C(C)C. The zero-order valence-corrected chi connectivity index (χ0v) is 22.8. The molecule has 9 heteroatoms. The van der Waals surface area contributed by atoms with Crippen LogP contribution < -0.4 is 0 Å². The van der Waals surface area contributed by atoms with E-state index in [0.29, 0.717) is 37.8 Å². The lowest BCUT2D eigenvalue weighted by atomic mass is 10.00. The standard InChI is InChI=1S/C30H34N4O5/c1-20(2)26-25(30(37)38-4)27(32-28(31-26)23-13-9-6-10-14-23)29(36)33-15-16-34(21(3)17-33)24(35)19-39-18-22-11-7-5-8-12-22/h5-14,20-21H,15-19H2,1-4H3. The second kappa shape index (κ2) is 12.6. The Kier molecular flexibility index (Phi) is 9.03. The van der Waals surface area contributed by atoms with Crippen molar-refractivity contribution in [1.29, 1.82) is 0 Å². The van der Waals surface area contributed by atoms with Gasteiger partial charge < -0.3 is 19.3 Å². The number of benzene rings is 2. The van der Waals surface area contributed by atoms with E-state index in [4.69, 9.17) is 9.47 Å². The van der Waals surface area contributed by atoms with Crippen molar-refractivity contribution in [3.63, 3.8) is 0 Å². The van der Waals surface area contributed by atoms with Crippen molar-refractivity contribution in [3.8, 4) is 11.4 Å². The van der Waals surface area contributed by atoms with E-state index < -0.39 is 11.9 Å². The van der Waals surface area contributed by atoms with E-state index in [1.807, 2.05) is 81.4 Å². The topological polar surface area (TPSA) is 102 Å². The van der Waals surface area contributed by atoms with Crippen LogP contribution in [0.15, 0.2) is 60.7 Å². The summed E-state index contributed by atoms with van der Waals surface area (Å²) in [5.41, 5.74) is 2.28.